The average Bonchev–Trinajstić information content (AvgIpc) is 2.80. The molecule has 0 radical (unpaired) electrons. The molecular formula is C16H21NO3. The summed E-state index contributed by atoms with van der Waals surface area (Å²) in [4.78, 5) is 25.2. The van der Waals surface area contributed by atoms with E-state index in [4.69, 9.17) is 0 Å². The summed E-state index contributed by atoms with van der Waals surface area (Å²) in [6.07, 6.45) is 0.743. The molecule has 2 atom stereocenters. The third-order valence-electron chi connectivity index (χ3n) is 4.04. The Hall–Kier alpha value is -1.84. The maximum absolute atomic E-state index is 12.5. The molecule has 1 aromatic rings. The summed E-state index contributed by atoms with van der Waals surface area (Å²) in [6.45, 7) is 6.59. The van der Waals surface area contributed by atoms with E-state index in [0.717, 1.165) is 6.42 Å². The average molecular weight is 275 g/mol. The van der Waals surface area contributed by atoms with Gasteiger partial charge in [-0.2, -0.15) is 0 Å². The van der Waals surface area contributed by atoms with Crippen LogP contribution in [-0.4, -0.2) is 34.5 Å². The molecule has 1 aliphatic rings. The van der Waals surface area contributed by atoms with E-state index < -0.39 is 12.0 Å². The van der Waals surface area contributed by atoms with Crippen molar-refractivity contribution in [3.05, 3.63) is 35.4 Å². The lowest BCUT2D eigenvalue weighted by atomic mass is 10.0. The zero-order valence-electron chi connectivity index (χ0n) is 12.2. The standard InChI is InChI=1S/C16H21NO3/c1-10(2)12-4-6-13(7-5-12)15(18)17-9-8-11(3)14(17)16(19)20/h4-7,10-11,14H,8-9H2,1-3H3,(H,19,20). The summed E-state index contributed by atoms with van der Waals surface area (Å²) < 4.78 is 0. The van der Waals surface area contributed by atoms with Crippen LogP contribution < -0.4 is 0 Å². The highest BCUT2D eigenvalue weighted by molar-refractivity contribution is 5.97. The molecule has 1 aromatic carbocycles. The fraction of sp³-hybridized carbons (Fsp3) is 0.500. The molecule has 1 fully saturated rings. The number of carboxylic acids is 1. The highest BCUT2D eigenvalue weighted by Crippen LogP contribution is 2.26. The van der Waals surface area contributed by atoms with Crippen LogP contribution in [0.5, 0.6) is 0 Å². The van der Waals surface area contributed by atoms with Crippen molar-refractivity contribution in [2.75, 3.05) is 6.54 Å². The van der Waals surface area contributed by atoms with Gasteiger partial charge >= 0.3 is 5.97 Å². The lowest BCUT2D eigenvalue weighted by Gasteiger charge is -2.23. The van der Waals surface area contributed by atoms with Gasteiger partial charge in [-0.15, -0.1) is 0 Å². The van der Waals surface area contributed by atoms with E-state index >= 15 is 0 Å². The molecule has 1 heterocycles. The van der Waals surface area contributed by atoms with E-state index in [-0.39, 0.29) is 11.8 Å². The van der Waals surface area contributed by atoms with Gasteiger partial charge in [0.15, 0.2) is 0 Å². The van der Waals surface area contributed by atoms with Crippen molar-refractivity contribution in [1.82, 2.24) is 4.90 Å². The maximum Gasteiger partial charge on any atom is 0.326 e. The minimum atomic E-state index is -0.915. The molecule has 108 valence electrons. The largest absolute Gasteiger partial charge is 0.480 e. The van der Waals surface area contributed by atoms with Crippen molar-refractivity contribution in [2.45, 2.75) is 39.2 Å². The Morgan fingerprint density at radius 2 is 1.85 bits per heavy atom. The Bertz CT molecular complexity index is 507. The highest BCUT2D eigenvalue weighted by atomic mass is 16.4. The molecule has 0 aromatic heterocycles. The van der Waals surface area contributed by atoms with Crippen LogP contribution in [0.4, 0.5) is 0 Å². The first-order valence-corrected chi connectivity index (χ1v) is 7.05. The van der Waals surface area contributed by atoms with Crippen LogP contribution in [0.2, 0.25) is 0 Å². The number of hydrogen-bond acceptors (Lipinski definition) is 2. The van der Waals surface area contributed by atoms with Crippen LogP contribution in [0, 0.1) is 5.92 Å². The molecule has 0 spiro atoms. The van der Waals surface area contributed by atoms with Crippen LogP contribution in [0.1, 0.15) is 49.0 Å². The predicted octanol–water partition coefficient (Wildman–Crippen LogP) is 2.75. The topological polar surface area (TPSA) is 57.6 Å². The predicted molar refractivity (Wildman–Crippen MR) is 76.8 cm³/mol. The smallest absolute Gasteiger partial charge is 0.326 e. The van der Waals surface area contributed by atoms with Crippen molar-refractivity contribution < 1.29 is 14.7 Å². The van der Waals surface area contributed by atoms with Crippen LogP contribution in [-0.2, 0) is 4.79 Å². The van der Waals surface area contributed by atoms with Crippen LogP contribution >= 0.6 is 0 Å². The first-order valence-electron chi connectivity index (χ1n) is 7.05. The van der Waals surface area contributed by atoms with Gasteiger partial charge in [0.1, 0.15) is 6.04 Å². The number of nitrogens with zero attached hydrogens (tertiary/aromatic N) is 1. The summed E-state index contributed by atoms with van der Waals surface area (Å²) in [6, 6.07) is 6.76. The van der Waals surface area contributed by atoms with E-state index in [1.54, 1.807) is 12.1 Å². The molecule has 1 N–H and O–H groups in total. The molecule has 0 saturated carbocycles. The summed E-state index contributed by atoms with van der Waals surface area (Å²) in [5, 5.41) is 9.27. The van der Waals surface area contributed by atoms with E-state index in [9.17, 15) is 14.7 Å². The molecule has 0 aliphatic carbocycles. The van der Waals surface area contributed by atoms with Crippen molar-refractivity contribution in [3.63, 3.8) is 0 Å². The molecule has 1 aliphatic heterocycles. The van der Waals surface area contributed by atoms with Gasteiger partial charge in [-0.25, -0.2) is 4.79 Å². The third-order valence-corrected chi connectivity index (χ3v) is 4.04. The summed E-state index contributed by atoms with van der Waals surface area (Å²) in [7, 11) is 0. The highest BCUT2D eigenvalue weighted by Gasteiger charge is 2.39. The van der Waals surface area contributed by atoms with E-state index in [1.807, 2.05) is 19.1 Å². The number of benzene rings is 1. The molecule has 1 amide bonds. The monoisotopic (exact) mass is 275 g/mol. The van der Waals surface area contributed by atoms with Crippen LogP contribution in [0.25, 0.3) is 0 Å². The number of rotatable bonds is 3. The van der Waals surface area contributed by atoms with Crippen molar-refractivity contribution in [2.24, 2.45) is 5.92 Å². The minimum Gasteiger partial charge on any atom is -0.480 e. The molecule has 2 unspecified atom stereocenters. The lowest BCUT2D eigenvalue weighted by Crippen LogP contribution is -2.42. The zero-order chi connectivity index (χ0) is 14.9. The van der Waals surface area contributed by atoms with E-state index in [2.05, 4.69) is 13.8 Å². The molecule has 0 bridgehead atoms. The summed E-state index contributed by atoms with van der Waals surface area (Å²) in [5.74, 6) is -0.677. The van der Waals surface area contributed by atoms with E-state index in [1.165, 1.54) is 10.5 Å². The SMILES string of the molecule is CC(C)c1ccc(C(=O)N2CCC(C)C2C(=O)O)cc1. The van der Waals surface area contributed by atoms with Gasteiger partial charge in [0, 0.05) is 12.1 Å². The molecular weight excluding hydrogens is 254 g/mol. The second-order valence-electron chi connectivity index (χ2n) is 5.82. The second kappa shape index (κ2) is 5.65. The fourth-order valence-corrected chi connectivity index (χ4v) is 2.73. The number of likely N-dealkylation sites (tertiary alicyclic amines) is 1. The number of carbonyl (C=O) groups is 2. The molecule has 4 nitrogen and oxygen atoms in total. The van der Waals surface area contributed by atoms with Gasteiger partial charge in [0.05, 0.1) is 0 Å². The van der Waals surface area contributed by atoms with Gasteiger partial charge in [-0.3, -0.25) is 4.79 Å². The summed E-state index contributed by atoms with van der Waals surface area (Å²) in [5.41, 5.74) is 1.74. The number of hydrogen-bond donors (Lipinski definition) is 1. The van der Waals surface area contributed by atoms with Crippen LogP contribution in [0.15, 0.2) is 24.3 Å². The van der Waals surface area contributed by atoms with Gasteiger partial charge < -0.3 is 10.0 Å². The first-order chi connectivity index (χ1) is 9.41. The van der Waals surface area contributed by atoms with Gasteiger partial charge in [0.25, 0.3) is 5.91 Å². The summed E-state index contributed by atoms with van der Waals surface area (Å²) >= 11 is 0. The molecule has 20 heavy (non-hydrogen) atoms. The van der Waals surface area contributed by atoms with Crippen molar-refractivity contribution in [1.29, 1.82) is 0 Å². The Morgan fingerprint density at radius 1 is 1.25 bits per heavy atom. The lowest BCUT2D eigenvalue weighted by molar-refractivity contribution is -0.142. The number of carboxylic acid groups (broad SMARTS) is 1. The van der Waals surface area contributed by atoms with Gasteiger partial charge in [0.2, 0.25) is 0 Å². The van der Waals surface area contributed by atoms with Gasteiger partial charge in [-0.05, 0) is 36.0 Å². The molecule has 1 saturated heterocycles. The third kappa shape index (κ3) is 2.69. The molecule has 2 rings (SSSR count). The zero-order valence-corrected chi connectivity index (χ0v) is 12.2. The first kappa shape index (κ1) is 14.6. The Morgan fingerprint density at radius 3 is 2.35 bits per heavy atom. The Balaban J connectivity index is 2.20. The molecule has 4 heteroatoms. The second-order valence-corrected chi connectivity index (χ2v) is 5.82. The quantitative estimate of drug-likeness (QED) is 0.922. The number of amides is 1. The van der Waals surface area contributed by atoms with Crippen molar-refractivity contribution in [3.8, 4) is 0 Å². The van der Waals surface area contributed by atoms with Crippen LogP contribution in [0.3, 0.4) is 0 Å². The maximum atomic E-state index is 12.5. The van der Waals surface area contributed by atoms with Gasteiger partial charge in [-0.1, -0.05) is 32.9 Å². The minimum absolute atomic E-state index is 0.00591. The Kier molecular flexibility index (Phi) is 4.12. The van der Waals surface area contributed by atoms with Crippen molar-refractivity contribution >= 4 is 11.9 Å². The number of aliphatic carboxylic acids is 1. The fourth-order valence-electron chi connectivity index (χ4n) is 2.73. The van der Waals surface area contributed by atoms with E-state index in [0.29, 0.717) is 18.0 Å². The number of carbonyl (C=O) groups excluding carboxylic acids is 1. The Labute approximate surface area is 119 Å². The normalized spacial score (nSPS) is 22.3.